The monoisotopic (exact) mass is 334 g/mol. The van der Waals surface area contributed by atoms with Crippen LogP contribution >= 0.6 is 12.4 Å². The average Bonchev–Trinajstić information content (AvgIpc) is 2.88. The summed E-state index contributed by atoms with van der Waals surface area (Å²) in [5, 5.41) is 24.1. The molecular weight excluding hydrogens is 319 g/mol. The molecule has 1 aliphatic heterocycles. The van der Waals surface area contributed by atoms with Crippen LogP contribution in [-0.2, 0) is 6.42 Å². The lowest BCUT2D eigenvalue weighted by Gasteiger charge is -2.25. The van der Waals surface area contributed by atoms with E-state index in [2.05, 4.69) is 10.3 Å². The van der Waals surface area contributed by atoms with Crippen LogP contribution in [0, 0.1) is 5.82 Å². The van der Waals surface area contributed by atoms with Crippen LogP contribution in [0.1, 0.15) is 22.9 Å². The van der Waals surface area contributed by atoms with Crippen molar-refractivity contribution in [2.45, 2.75) is 12.5 Å². The summed E-state index contributed by atoms with van der Waals surface area (Å²) in [7, 11) is 0. The lowest BCUT2D eigenvalue weighted by molar-refractivity contribution is 0.449. The van der Waals surface area contributed by atoms with Crippen LogP contribution in [0.2, 0.25) is 0 Å². The van der Waals surface area contributed by atoms with Crippen molar-refractivity contribution in [3.8, 4) is 11.5 Å². The highest BCUT2D eigenvalue weighted by Gasteiger charge is 2.27. The molecule has 0 fully saturated rings. The summed E-state index contributed by atoms with van der Waals surface area (Å²) in [6.07, 6.45) is 0.811. The number of phenolic OH excluding ortho intramolecular Hbond substituents is 2. The van der Waals surface area contributed by atoms with Gasteiger partial charge in [-0.15, -0.1) is 12.4 Å². The van der Waals surface area contributed by atoms with Crippen molar-refractivity contribution in [2.75, 3.05) is 6.54 Å². The fourth-order valence-electron chi connectivity index (χ4n) is 3.24. The first-order chi connectivity index (χ1) is 10.6. The summed E-state index contributed by atoms with van der Waals surface area (Å²) in [5.74, 6) is -0.0956. The molecule has 0 saturated heterocycles. The number of H-pyrrole nitrogens is 1. The number of hydrogen-bond acceptors (Lipinski definition) is 3. The van der Waals surface area contributed by atoms with Crippen molar-refractivity contribution in [3.63, 3.8) is 0 Å². The highest BCUT2D eigenvalue weighted by molar-refractivity contribution is 5.86. The summed E-state index contributed by atoms with van der Waals surface area (Å²) in [6, 6.07) is 8.86. The zero-order valence-electron chi connectivity index (χ0n) is 12.1. The predicted molar refractivity (Wildman–Crippen MR) is 88.8 cm³/mol. The van der Waals surface area contributed by atoms with Gasteiger partial charge in [0.2, 0.25) is 0 Å². The van der Waals surface area contributed by atoms with E-state index in [9.17, 15) is 14.6 Å². The maximum Gasteiger partial charge on any atom is 0.123 e. The van der Waals surface area contributed by atoms with Gasteiger partial charge in [0, 0.05) is 28.7 Å². The molecule has 2 heterocycles. The molecule has 4 N–H and O–H groups in total. The standard InChI is InChI=1S/C17H15FN2O2.ClH/c18-9-1-4-15(22)13(7-9)16-17-11(5-6-19-16)12-8-10(21)2-3-14(12)20-17;/h1-4,7-8,16,19-22H,5-6H2;1H. The minimum Gasteiger partial charge on any atom is -0.508 e. The second kappa shape index (κ2) is 5.76. The van der Waals surface area contributed by atoms with Gasteiger partial charge in [0.1, 0.15) is 17.3 Å². The van der Waals surface area contributed by atoms with Gasteiger partial charge in [0.15, 0.2) is 0 Å². The van der Waals surface area contributed by atoms with Gasteiger partial charge in [-0.25, -0.2) is 4.39 Å². The lowest BCUT2D eigenvalue weighted by atomic mass is 9.94. The Bertz CT molecular complexity index is 878. The van der Waals surface area contributed by atoms with Gasteiger partial charge >= 0.3 is 0 Å². The van der Waals surface area contributed by atoms with E-state index in [0.717, 1.165) is 35.1 Å². The first kappa shape index (κ1) is 15.6. The summed E-state index contributed by atoms with van der Waals surface area (Å²) in [6.45, 7) is 0.718. The van der Waals surface area contributed by atoms with Crippen LogP contribution in [0.25, 0.3) is 10.9 Å². The Kier molecular flexibility index (Phi) is 3.92. The van der Waals surface area contributed by atoms with Crippen molar-refractivity contribution < 1.29 is 14.6 Å². The van der Waals surface area contributed by atoms with Crippen LogP contribution < -0.4 is 5.32 Å². The second-order valence-electron chi connectivity index (χ2n) is 5.59. The van der Waals surface area contributed by atoms with Gasteiger partial charge in [-0.05, 0) is 48.4 Å². The fourth-order valence-corrected chi connectivity index (χ4v) is 3.24. The largest absolute Gasteiger partial charge is 0.508 e. The molecule has 0 bridgehead atoms. The maximum atomic E-state index is 13.6. The molecule has 120 valence electrons. The smallest absolute Gasteiger partial charge is 0.123 e. The molecule has 1 atom stereocenters. The highest BCUT2D eigenvalue weighted by atomic mass is 35.5. The Labute approximate surface area is 138 Å². The SMILES string of the molecule is Cl.Oc1ccc2[nH]c3c(c2c1)CCNC3c1cc(F)ccc1O. The Morgan fingerprint density at radius 3 is 2.74 bits per heavy atom. The molecule has 0 radical (unpaired) electrons. The first-order valence-electron chi connectivity index (χ1n) is 7.19. The summed E-state index contributed by atoms with van der Waals surface area (Å²) >= 11 is 0. The third-order valence-corrected chi connectivity index (χ3v) is 4.24. The van der Waals surface area contributed by atoms with Crippen molar-refractivity contribution in [3.05, 3.63) is 59.0 Å². The van der Waals surface area contributed by atoms with E-state index in [1.807, 2.05) is 6.07 Å². The molecule has 2 aromatic carbocycles. The Morgan fingerprint density at radius 1 is 1.09 bits per heavy atom. The third kappa shape index (κ3) is 2.52. The van der Waals surface area contributed by atoms with E-state index in [4.69, 9.17) is 0 Å². The second-order valence-corrected chi connectivity index (χ2v) is 5.59. The molecule has 4 rings (SSSR count). The summed E-state index contributed by atoms with van der Waals surface area (Å²) in [5.41, 5.74) is 3.44. The summed E-state index contributed by atoms with van der Waals surface area (Å²) in [4.78, 5) is 3.33. The van der Waals surface area contributed by atoms with Crippen LogP contribution in [0.4, 0.5) is 4.39 Å². The topological polar surface area (TPSA) is 68.3 Å². The zero-order valence-corrected chi connectivity index (χ0v) is 13.0. The normalized spacial score (nSPS) is 16.8. The molecule has 0 amide bonds. The number of fused-ring (bicyclic) bond motifs is 3. The van der Waals surface area contributed by atoms with Gasteiger partial charge in [0.25, 0.3) is 0 Å². The number of nitrogens with one attached hydrogen (secondary N) is 2. The quantitative estimate of drug-likeness (QED) is 0.551. The molecule has 23 heavy (non-hydrogen) atoms. The maximum absolute atomic E-state index is 13.6. The number of rotatable bonds is 1. The molecular formula is C17H16ClFN2O2. The van der Waals surface area contributed by atoms with Crippen molar-refractivity contribution in [2.24, 2.45) is 0 Å². The van der Waals surface area contributed by atoms with Crippen LogP contribution in [0.3, 0.4) is 0 Å². The van der Waals surface area contributed by atoms with Crippen LogP contribution in [0.5, 0.6) is 11.5 Å². The lowest BCUT2D eigenvalue weighted by Crippen LogP contribution is -2.30. The van der Waals surface area contributed by atoms with E-state index in [0.29, 0.717) is 5.56 Å². The number of hydrogen-bond donors (Lipinski definition) is 4. The van der Waals surface area contributed by atoms with Crippen molar-refractivity contribution in [1.82, 2.24) is 10.3 Å². The van der Waals surface area contributed by atoms with Crippen molar-refractivity contribution in [1.29, 1.82) is 0 Å². The van der Waals surface area contributed by atoms with E-state index in [1.54, 1.807) is 12.1 Å². The molecule has 0 spiro atoms. The molecule has 0 aliphatic carbocycles. The van der Waals surface area contributed by atoms with Gasteiger partial charge < -0.3 is 20.5 Å². The third-order valence-electron chi connectivity index (χ3n) is 4.24. The van der Waals surface area contributed by atoms with E-state index >= 15 is 0 Å². The van der Waals surface area contributed by atoms with Gasteiger partial charge in [-0.2, -0.15) is 0 Å². The number of halogens is 2. The molecule has 1 unspecified atom stereocenters. The van der Waals surface area contributed by atoms with E-state index in [1.165, 1.54) is 18.2 Å². The molecule has 4 nitrogen and oxygen atoms in total. The van der Waals surface area contributed by atoms with Gasteiger partial charge in [-0.3, -0.25) is 0 Å². The van der Waals surface area contributed by atoms with Gasteiger partial charge in [0.05, 0.1) is 6.04 Å². The number of benzene rings is 2. The fraction of sp³-hybridized carbons (Fsp3) is 0.176. The van der Waals surface area contributed by atoms with Crippen LogP contribution in [0.15, 0.2) is 36.4 Å². The predicted octanol–water partition coefficient (Wildman–Crippen LogP) is 3.38. The average molecular weight is 335 g/mol. The Morgan fingerprint density at radius 2 is 1.91 bits per heavy atom. The van der Waals surface area contributed by atoms with E-state index in [-0.39, 0.29) is 35.8 Å². The molecule has 1 aromatic heterocycles. The minimum absolute atomic E-state index is 0. The number of aromatic amines is 1. The number of aromatic nitrogens is 1. The molecule has 3 aromatic rings. The highest BCUT2D eigenvalue weighted by Crippen LogP contribution is 2.37. The molecule has 0 saturated carbocycles. The minimum atomic E-state index is -0.379. The van der Waals surface area contributed by atoms with Crippen molar-refractivity contribution >= 4 is 23.3 Å². The first-order valence-corrected chi connectivity index (χ1v) is 7.19. The van der Waals surface area contributed by atoms with E-state index < -0.39 is 0 Å². The molecule has 1 aliphatic rings. The van der Waals surface area contributed by atoms with Gasteiger partial charge in [-0.1, -0.05) is 0 Å². The molecule has 6 heteroatoms. The zero-order chi connectivity index (χ0) is 15.3. The Balaban J connectivity index is 0.00000156. The van der Waals surface area contributed by atoms with Crippen LogP contribution in [-0.4, -0.2) is 21.7 Å². The number of phenols is 2. The number of aromatic hydroxyl groups is 2. The summed E-state index contributed by atoms with van der Waals surface area (Å²) < 4.78 is 13.6. The Hall–Kier alpha value is -2.24.